The van der Waals surface area contributed by atoms with Crippen molar-refractivity contribution in [1.82, 2.24) is 9.37 Å². The number of para-hydroxylation sites is 1. The standard InChI is InChI=1S/C21H28N4O9S/c1-5-10-33-25(35(31,32)18-9-7-6-8-16(18)24(29)30)17-12-23(20(28)34-21(2,3)4)14(13-26)11-15(17)19(22)27/h5-9,11,14,17,26H,1,10,12-13H2,2-4H3,(H2,22,27)/t14-,17-/m0/s1. The van der Waals surface area contributed by atoms with E-state index in [0.29, 0.717) is 4.47 Å². The number of hydrogen-bond donors (Lipinski definition) is 2. The fraction of sp³-hybridized carbons (Fsp3) is 0.429. The zero-order valence-electron chi connectivity index (χ0n) is 19.5. The normalized spacial score (nSPS) is 18.7. The Morgan fingerprint density at radius 3 is 2.51 bits per heavy atom. The number of carbonyl (C=O) groups excluding carboxylic acids is 2. The van der Waals surface area contributed by atoms with E-state index in [0.717, 1.165) is 23.1 Å². The first-order chi connectivity index (χ1) is 16.2. The lowest BCUT2D eigenvalue weighted by Gasteiger charge is -2.40. The second-order valence-electron chi connectivity index (χ2n) is 8.45. The van der Waals surface area contributed by atoms with E-state index < -0.39 is 68.4 Å². The highest BCUT2D eigenvalue weighted by Crippen LogP contribution is 2.32. The van der Waals surface area contributed by atoms with Crippen LogP contribution >= 0.6 is 0 Å². The number of aliphatic hydroxyl groups excluding tert-OH is 1. The number of nitrogens with zero attached hydrogens (tertiary/aromatic N) is 3. The van der Waals surface area contributed by atoms with Gasteiger partial charge in [-0.1, -0.05) is 22.7 Å². The number of amides is 2. The second kappa shape index (κ2) is 10.9. The molecule has 1 aromatic rings. The third kappa shape index (κ3) is 6.42. The first kappa shape index (κ1) is 27.9. The predicted molar refractivity (Wildman–Crippen MR) is 123 cm³/mol. The van der Waals surface area contributed by atoms with Gasteiger partial charge in [0.15, 0.2) is 4.90 Å². The van der Waals surface area contributed by atoms with Crippen LogP contribution in [-0.2, 0) is 24.4 Å². The molecule has 0 saturated heterocycles. The number of aliphatic hydroxyl groups is 1. The van der Waals surface area contributed by atoms with Gasteiger partial charge in [-0.05, 0) is 32.9 Å². The Labute approximate surface area is 202 Å². The van der Waals surface area contributed by atoms with Crippen molar-refractivity contribution in [1.29, 1.82) is 0 Å². The minimum absolute atomic E-state index is 0.282. The van der Waals surface area contributed by atoms with Crippen molar-refractivity contribution in [2.45, 2.75) is 43.4 Å². The Morgan fingerprint density at radius 1 is 1.37 bits per heavy atom. The maximum absolute atomic E-state index is 13.6. The number of hydrogen-bond acceptors (Lipinski definition) is 9. The summed E-state index contributed by atoms with van der Waals surface area (Å²) in [6.45, 7) is 6.82. The molecule has 1 aromatic carbocycles. The number of nitro groups is 1. The van der Waals surface area contributed by atoms with Crippen molar-refractivity contribution in [3.63, 3.8) is 0 Å². The average Bonchev–Trinajstić information content (AvgIpc) is 2.77. The first-order valence-corrected chi connectivity index (χ1v) is 11.8. The molecule has 0 radical (unpaired) electrons. The van der Waals surface area contributed by atoms with Crippen molar-refractivity contribution >= 4 is 27.7 Å². The quantitative estimate of drug-likeness (QED) is 0.278. The molecule has 2 amide bonds. The zero-order valence-corrected chi connectivity index (χ0v) is 20.3. The molecule has 0 aliphatic carbocycles. The molecule has 0 spiro atoms. The van der Waals surface area contributed by atoms with Gasteiger partial charge in [-0.15, -0.1) is 6.58 Å². The largest absolute Gasteiger partial charge is 0.444 e. The number of primary amides is 1. The van der Waals surface area contributed by atoms with Crippen LogP contribution in [0.1, 0.15) is 20.8 Å². The number of sulfonamides is 1. The van der Waals surface area contributed by atoms with Crippen molar-refractivity contribution < 1.29 is 37.6 Å². The Balaban J connectivity index is 2.67. The highest BCUT2D eigenvalue weighted by molar-refractivity contribution is 7.89. The molecule has 0 unspecified atom stereocenters. The van der Waals surface area contributed by atoms with Crippen LogP contribution in [0.4, 0.5) is 10.5 Å². The number of rotatable bonds is 9. The summed E-state index contributed by atoms with van der Waals surface area (Å²) >= 11 is 0. The third-order valence-electron chi connectivity index (χ3n) is 4.75. The molecule has 192 valence electrons. The summed E-state index contributed by atoms with van der Waals surface area (Å²) in [4.78, 5) is 41.4. The Hall–Kier alpha value is -3.33. The fourth-order valence-corrected chi connectivity index (χ4v) is 4.88. The lowest BCUT2D eigenvalue weighted by atomic mass is 9.98. The molecule has 1 aliphatic rings. The molecule has 1 heterocycles. The molecule has 1 aliphatic heterocycles. The van der Waals surface area contributed by atoms with Gasteiger partial charge in [-0.2, -0.15) is 0 Å². The summed E-state index contributed by atoms with van der Waals surface area (Å²) < 4.78 is 32.9. The van der Waals surface area contributed by atoms with Crippen LogP contribution in [0.5, 0.6) is 0 Å². The molecule has 0 bridgehead atoms. The number of carbonyl (C=O) groups is 2. The van der Waals surface area contributed by atoms with Gasteiger partial charge in [0, 0.05) is 18.2 Å². The van der Waals surface area contributed by atoms with E-state index in [1.54, 1.807) is 20.8 Å². The van der Waals surface area contributed by atoms with Crippen LogP contribution in [0.3, 0.4) is 0 Å². The van der Waals surface area contributed by atoms with Crippen LogP contribution in [-0.4, -0.2) is 77.3 Å². The van der Waals surface area contributed by atoms with E-state index in [-0.39, 0.29) is 12.2 Å². The summed E-state index contributed by atoms with van der Waals surface area (Å²) in [6, 6.07) is 2.00. The van der Waals surface area contributed by atoms with Crippen molar-refractivity contribution in [3.05, 3.63) is 58.7 Å². The van der Waals surface area contributed by atoms with Gasteiger partial charge in [-0.3, -0.25) is 24.6 Å². The minimum atomic E-state index is -4.79. The molecule has 14 heteroatoms. The molecule has 0 fully saturated rings. The highest BCUT2D eigenvalue weighted by Gasteiger charge is 2.45. The van der Waals surface area contributed by atoms with Crippen LogP contribution in [0.15, 0.2) is 53.5 Å². The number of nitro benzene ring substituents is 1. The number of benzene rings is 1. The minimum Gasteiger partial charge on any atom is -0.444 e. The van der Waals surface area contributed by atoms with Gasteiger partial charge in [0.05, 0.1) is 30.2 Å². The van der Waals surface area contributed by atoms with Crippen LogP contribution in [0.2, 0.25) is 0 Å². The van der Waals surface area contributed by atoms with Gasteiger partial charge in [0.2, 0.25) is 5.91 Å². The summed E-state index contributed by atoms with van der Waals surface area (Å²) in [5.41, 5.74) is 3.57. The summed E-state index contributed by atoms with van der Waals surface area (Å²) in [7, 11) is -4.79. The molecule has 2 rings (SSSR count). The molecular formula is C21H28N4O9S. The summed E-state index contributed by atoms with van der Waals surface area (Å²) in [5, 5.41) is 21.3. The van der Waals surface area contributed by atoms with Gasteiger partial charge in [-0.25, -0.2) is 13.2 Å². The SMILES string of the molecule is C=CCON([C@H]1CN(C(=O)OC(C)(C)C)[C@H](CO)C=C1C(N)=O)S(=O)(=O)c1ccccc1[N+](=O)[O-]. The first-order valence-electron chi connectivity index (χ1n) is 10.4. The van der Waals surface area contributed by atoms with Gasteiger partial charge in [0.1, 0.15) is 5.60 Å². The summed E-state index contributed by atoms with van der Waals surface area (Å²) in [6.07, 6.45) is 1.47. The molecule has 35 heavy (non-hydrogen) atoms. The molecule has 0 aromatic heterocycles. The zero-order chi connectivity index (χ0) is 26.6. The van der Waals surface area contributed by atoms with Gasteiger partial charge < -0.3 is 15.6 Å². The van der Waals surface area contributed by atoms with Crippen molar-refractivity contribution in [3.8, 4) is 0 Å². The predicted octanol–water partition coefficient (Wildman–Crippen LogP) is 1.10. The number of ether oxygens (including phenoxy) is 1. The number of hydroxylamine groups is 1. The third-order valence-corrected chi connectivity index (χ3v) is 6.49. The Bertz CT molecular complexity index is 1130. The van der Waals surface area contributed by atoms with E-state index in [2.05, 4.69) is 6.58 Å². The topological polar surface area (TPSA) is 183 Å². The van der Waals surface area contributed by atoms with Gasteiger partial charge in [0.25, 0.3) is 15.7 Å². The van der Waals surface area contributed by atoms with Crippen molar-refractivity contribution in [2.24, 2.45) is 5.73 Å². The molecule has 2 atom stereocenters. The van der Waals surface area contributed by atoms with Crippen LogP contribution < -0.4 is 5.73 Å². The van der Waals surface area contributed by atoms with Crippen LogP contribution in [0, 0.1) is 10.1 Å². The number of nitrogens with two attached hydrogens (primary N) is 1. The molecule has 3 N–H and O–H groups in total. The maximum atomic E-state index is 13.6. The maximum Gasteiger partial charge on any atom is 0.410 e. The monoisotopic (exact) mass is 512 g/mol. The average molecular weight is 513 g/mol. The van der Waals surface area contributed by atoms with E-state index in [9.17, 15) is 33.2 Å². The molecule has 13 nitrogen and oxygen atoms in total. The van der Waals surface area contributed by atoms with Crippen LogP contribution in [0.25, 0.3) is 0 Å². The highest BCUT2D eigenvalue weighted by atomic mass is 32.2. The Kier molecular flexibility index (Phi) is 8.73. The Morgan fingerprint density at radius 2 is 2.00 bits per heavy atom. The second-order valence-corrected chi connectivity index (χ2v) is 10.2. The smallest absolute Gasteiger partial charge is 0.410 e. The van der Waals surface area contributed by atoms with E-state index >= 15 is 0 Å². The fourth-order valence-electron chi connectivity index (χ4n) is 3.31. The lowest BCUT2D eigenvalue weighted by molar-refractivity contribution is -0.388. The molecular weight excluding hydrogens is 484 g/mol. The van der Waals surface area contributed by atoms with Gasteiger partial charge >= 0.3 is 6.09 Å². The van der Waals surface area contributed by atoms with E-state index in [1.807, 2.05) is 0 Å². The molecule has 0 saturated carbocycles. The van der Waals surface area contributed by atoms with E-state index in [4.69, 9.17) is 15.3 Å². The van der Waals surface area contributed by atoms with Crippen molar-refractivity contribution in [2.75, 3.05) is 19.8 Å². The summed E-state index contributed by atoms with van der Waals surface area (Å²) in [5.74, 6) is -1.04. The van der Waals surface area contributed by atoms with E-state index in [1.165, 1.54) is 18.2 Å². The lowest BCUT2D eigenvalue weighted by Crippen LogP contribution is -2.57.